The summed E-state index contributed by atoms with van der Waals surface area (Å²) in [5.41, 5.74) is 5.50. The van der Waals surface area contributed by atoms with Crippen molar-refractivity contribution in [1.29, 1.82) is 0 Å². The molecule has 1 heterocycles. The van der Waals surface area contributed by atoms with Crippen LogP contribution in [0.5, 0.6) is 0 Å². The van der Waals surface area contributed by atoms with Crippen LogP contribution in [0.2, 0.25) is 0 Å². The number of amides is 1. The molecule has 0 aromatic carbocycles. The number of nitrogens with two attached hydrogens (primary N) is 1. The van der Waals surface area contributed by atoms with Gasteiger partial charge in [-0.2, -0.15) is 0 Å². The van der Waals surface area contributed by atoms with Gasteiger partial charge in [0.1, 0.15) is 5.60 Å². The minimum absolute atomic E-state index is 0.0864. The van der Waals surface area contributed by atoms with Crippen LogP contribution in [0.4, 0.5) is 4.79 Å². The fourth-order valence-electron chi connectivity index (χ4n) is 1.99. The van der Waals surface area contributed by atoms with E-state index in [0.717, 1.165) is 13.0 Å². The molecule has 4 nitrogen and oxygen atoms in total. The Morgan fingerprint density at radius 1 is 1.57 bits per heavy atom. The van der Waals surface area contributed by atoms with Crippen LogP contribution in [0.25, 0.3) is 0 Å². The van der Waals surface area contributed by atoms with Crippen LogP contribution in [0, 0.1) is 5.92 Å². The second kappa shape index (κ2) is 2.63. The Balaban J connectivity index is 1.89. The smallest absolute Gasteiger partial charge is 0.410 e. The second-order valence-electron chi connectivity index (χ2n) is 5.50. The molecule has 0 spiro atoms. The summed E-state index contributed by atoms with van der Waals surface area (Å²) in [5, 5.41) is 0. The number of fused-ring (bicyclic) bond motifs is 1. The summed E-state index contributed by atoms with van der Waals surface area (Å²) in [6.45, 7) is 7.05. The number of likely N-dealkylation sites (tertiary alicyclic amines) is 1. The summed E-state index contributed by atoms with van der Waals surface area (Å²) in [7, 11) is 0. The van der Waals surface area contributed by atoms with Gasteiger partial charge in [-0.15, -0.1) is 0 Å². The van der Waals surface area contributed by atoms with E-state index >= 15 is 0 Å². The summed E-state index contributed by atoms with van der Waals surface area (Å²) >= 11 is 0. The van der Waals surface area contributed by atoms with Crippen LogP contribution in [0.1, 0.15) is 27.2 Å². The largest absolute Gasteiger partial charge is 0.444 e. The molecule has 1 saturated heterocycles. The van der Waals surface area contributed by atoms with Crippen molar-refractivity contribution in [2.45, 2.75) is 38.3 Å². The first-order valence-electron chi connectivity index (χ1n) is 5.07. The molecule has 1 aliphatic carbocycles. The first-order valence-corrected chi connectivity index (χ1v) is 5.07. The molecule has 0 aromatic rings. The van der Waals surface area contributed by atoms with Crippen molar-refractivity contribution in [3.8, 4) is 0 Å². The number of hydrogen-bond donors (Lipinski definition) is 1. The zero-order valence-electron chi connectivity index (χ0n) is 9.04. The molecule has 1 saturated carbocycles. The van der Waals surface area contributed by atoms with Gasteiger partial charge in [0, 0.05) is 18.6 Å². The SMILES string of the molecule is CC(C)(C)OC(=O)N1C[C@@H]2C[C@]2(N)C1. The summed E-state index contributed by atoms with van der Waals surface area (Å²) in [6, 6.07) is 0. The van der Waals surface area contributed by atoms with Gasteiger partial charge < -0.3 is 15.4 Å². The molecule has 2 aliphatic rings. The first-order chi connectivity index (χ1) is 6.30. The van der Waals surface area contributed by atoms with Crippen LogP contribution in [-0.2, 0) is 4.74 Å². The van der Waals surface area contributed by atoms with Gasteiger partial charge in [-0.1, -0.05) is 0 Å². The highest BCUT2D eigenvalue weighted by Crippen LogP contribution is 2.47. The predicted octanol–water partition coefficient (Wildman–Crippen LogP) is 0.955. The van der Waals surface area contributed by atoms with Crippen molar-refractivity contribution >= 4 is 6.09 Å². The highest BCUT2D eigenvalue weighted by Gasteiger charge is 2.58. The maximum Gasteiger partial charge on any atom is 0.410 e. The molecular formula is C10H18N2O2. The van der Waals surface area contributed by atoms with Crippen molar-refractivity contribution < 1.29 is 9.53 Å². The topological polar surface area (TPSA) is 55.6 Å². The van der Waals surface area contributed by atoms with Crippen molar-refractivity contribution in [2.75, 3.05) is 13.1 Å². The molecule has 4 heteroatoms. The third-order valence-electron chi connectivity index (χ3n) is 2.86. The Kier molecular flexibility index (Phi) is 1.83. The fourth-order valence-corrected chi connectivity index (χ4v) is 1.99. The monoisotopic (exact) mass is 198 g/mol. The second-order valence-corrected chi connectivity index (χ2v) is 5.50. The third kappa shape index (κ3) is 1.71. The van der Waals surface area contributed by atoms with E-state index in [1.165, 1.54) is 0 Å². The lowest BCUT2D eigenvalue weighted by Crippen LogP contribution is -2.40. The van der Waals surface area contributed by atoms with Gasteiger partial charge in [-0.25, -0.2) is 4.79 Å². The molecule has 0 bridgehead atoms. The van der Waals surface area contributed by atoms with Crippen LogP contribution >= 0.6 is 0 Å². The quantitative estimate of drug-likeness (QED) is 0.630. The molecule has 0 unspecified atom stereocenters. The fraction of sp³-hybridized carbons (Fsp3) is 0.900. The number of nitrogens with zero attached hydrogens (tertiary/aromatic N) is 1. The third-order valence-corrected chi connectivity index (χ3v) is 2.86. The average Bonchev–Trinajstić information content (AvgIpc) is 2.47. The molecule has 80 valence electrons. The molecule has 1 amide bonds. The molecule has 0 radical (unpaired) electrons. The lowest BCUT2D eigenvalue weighted by molar-refractivity contribution is 0.0271. The molecule has 2 rings (SSSR count). The van der Waals surface area contributed by atoms with E-state index in [0.29, 0.717) is 12.5 Å². The molecule has 2 fully saturated rings. The highest BCUT2D eigenvalue weighted by molar-refractivity contribution is 5.69. The van der Waals surface area contributed by atoms with Gasteiger partial charge in [0.25, 0.3) is 0 Å². The van der Waals surface area contributed by atoms with Gasteiger partial charge in [0.05, 0.1) is 0 Å². The number of carbonyl (C=O) groups excluding carboxylic acids is 1. The highest BCUT2D eigenvalue weighted by atomic mass is 16.6. The van der Waals surface area contributed by atoms with Crippen molar-refractivity contribution in [3.05, 3.63) is 0 Å². The Labute approximate surface area is 84.4 Å². The summed E-state index contributed by atoms with van der Waals surface area (Å²) in [4.78, 5) is 13.3. The average molecular weight is 198 g/mol. The van der Waals surface area contributed by atoms with Crippen LogP contribution < -0.4 is 5.73 Å². The summed E-state index contributed by atoms with van der Waals surface area (Å²) < 4.78 is 5.27. The number of piperidine rings is 1. The van der Waals surface area contributed by atoms with Gasteiger partial charge >= 0.3 is 6.09 Å². The van der Waals surface area contributed by atoms with Gasteiger partial charge in [-0.05, 0) is 33.1 Å². The van der Waals surface area contributed by atoms with E-state index in [2.05, 4.69) is 0 Å². The molecule has 0 aromatic heterocycles. The van der Waals surface area contributed by atoms with Crippen LogP contribution in [-0.4, -0.2) is 35.2 Å². The molecule has 2 atom stereocenters. The van der Waals surface area contributed by atoms with Gasteiger partial charge in [0.15, 0.2) is 0 Å². The molecular weight excluding hydrogens is 180 g/mol. The van der Waals surface area contributed by atoms with Crippen LogP contribution in [0.3, 0.4) is 0 Å². The number of carbonyl (C=O) groups is 1. The van der Waals surface area contributed by atoms with Crippen molar-refractivity contribution in [3.63, 3.8) is 0 Å². The minimum Gasteiger partial charge on any atom is -0.444 e. The molecule has 1 aliphatic heterocycles. The Hall–Kier alpha value is -0.770. The van der Waals surface area contributed by atoms with Gasteiger partial charge in [0.2, 0.25) is 0 Å². The predicted molar refractivity (Wildman–Crippen MR) is 52.8 cm³/mol. The maximum absolute atomic E-state index is 11.6. The first kappa shape index (κ1) is 9.77. The Morgan fingerprint density at radius 2 is 2.21 bits per heavy atom. The Bertz CT molecular complexity index is 272. The zero-order chi connectivity index (χ0) is 10.6. The van der Waals surface area contributed by atoms with E-state index < -0.39 is 5.60 Å². The lowest BCUT2D eigenvalue weighted by Gasteiger charge is -2.25. The van der Waals surface area contributed by atoms with Gasteiger partial charge in [-0.3, -0.25) is 0 Å². The van der Waals surface area contributed by atoms with E-state index in [9.17, 15) is 4.79 Å². The standard InChI is InChI=1S/C10H18N2O2/c1-9(2,3)14-8(13)12-5-7-4-10(7,11)6-12/h7H,4-6,11H2,1-3H3/t7-,10-/m0/s1. The normalized spacial score (nSPS) is 35.4. The summed E-state index contributed by atoms with van der Waals surface area (Å²) in [6.07, 6.45) is 0.835. The lowest BCUT2D eigenvalue weighted by atomic mass is 10.2. The zero-order valence-corrected chi connectivity index (χ0v) is 9.04. The van der Waals surface area contributed by atoms with E-state index in [-0.39, 0.29) is 11.6 Å². The number of hydrogen-bond acceptors (Lipinski definition) is 3. The number of ether oxygens (including phenoxy) is 1. The Morgan fingerprint density at radius 3 is 2.64 bits per heavy atom. The van der Waals surface area contributed by atoms with E-state index in [4.69, 9.17) is 10.5 Å². The number of rotatable bonds is 0. The molecule has 2 N–H and O–H groups in total. The van der Waals surface area contributed by atoms with E-state index in [1.807, 2.05) is 20.8 Å². The van der Waals surface area contributed by atoms with E-state index in [1.54, 1.807) is 4.90 Å². The van der Waals surface area contributed by atoms with Crippen LogP contribution in [0.15, 0.2) is 0 Å². The molecule has 14 heavy (non-hydrogen) atoms. The maximum atomic E-state index is 11.6. The summed E-state index contributed by atoms with van der Waals surface area (Å²) in [5.74, 6) is 0.509. The minimum atomic E-state index is -0.411. The van der Waals surface area contributed by atoms with Crippen molar-refractivity contribution in [2.24, 2.45) is 11.7 Å². The van der Waals surface area contributed by atoms with Crippen molar-refractivity contribution in [1.82, 2.24) is 4.90 Å².